The summed E-state index contributed by atoms with van der Waals surface area (Å²) in [4.78, 5) is 28.8. The Morgan fingerprint density at radius 2 is 1.62 bits per heavy atom. The molecule has 0 unspecified atom stereocenters. The number of carbonyl (C=O) groups excluding carboxylic acids is 2. The lowest BCUT2D eigenvalue weighted by Crippen LogP contribution is -2.56. The number of urea groups is 1. The van der Waals surface area contributed by atoms with Crippen LogP contribution in [0.2, 0.25) is 0 Å². The average molecular weight is 390 g/mol. The molecule has 3 amide bonds. The average Bonchev–Trinajstić information content (AvgIpc) is 3.37. The van der Waals surface area contributed by atoms with Crippen LogP contribution in [-0.2, 0) is 11.0 Å². The van der Waals surface area contributed by atoms with E-state index in [1.165, 1.54) is 12.1 Å². The molecular formula is C17H19ClF3N3O2. The van der Waals surface area contributed by atoms with Crippen molar-refractivity contribution in [1.29, 1.82) is 0 Å². The van der Waals surface area contributed by atoms with Gasteiger partial charge in [-0.2, -0.15) is 13.2 Å². The van der Waals surface area contributed by atoms with Crippen LogP contribution in [0, 0.1) is 0 Å². The number of alkyl halides is 3. The van der Waals surface area contributed by atoms with Crippen molar-refractivity contribution in [2.75, 3.05) is 18.0 Å². The Morgan fingerprint density at radius 3 is 2.12 bits per heavy atom. The lowest BCUT2D eigenvalue weighted by molar-refractivity contribution is -0.137. The van der Waals surface area contributed by atoms with Crippen LogP contribution in [0.15, 0.2) is 24.3 Å². The summed E-state index contributed by atoms with van der Waals surface area (Å²) < 4.78 is 38.2. The van der Waals surface area contributed by atoms with Gasteiger partial charge >= 0.3 is 12.2 Å². The van der Waals surface area contributed by atoms with E-state index in [0.717, 1.165) is 29.9 Å². The van der Waals surface area contributed by atoms with Crippen molar-refractivity contribution in [2.45, 2.75) is 43.4 Å². The molecule has 0 radical (unpaired) electrons. The predicted octanol–water partition coefficient (Wildman–Crippen LogP) is 3.18. The number of halogens is 4. The van der Waals surface area contributed by atoms with Gasteiger partial charge in [-0.25, -0.2) is 9.69 Å². The van der Waals surface area contributed by atoms with Crippen molar-refractivity contribution >= 4 is 30.0 Å². The highest BCUT2D eigenvalue weighted by molar-refractivity contribution is 6.23. The lowest BCUT2D eigenvalue weighted by atomic mass is 9.86. The molecule has 3 aliphatic rings. The second-order valence-corrected chi connectivity index (χ2v) is 6.85. The van der Waals surface area contributed by atoms with E-state index in [1.54, 1.807) is 4.90 Å². The molecule has 2 aliphatic heterocycles. The van der Waals surface area contributed by atoms with E-state index in [9.17, 15) is 22.8 Å². The third-order valence-electron chi connectivity index (χ3n) is 5.26. The van der Waals surface area contributed by atoms with Crippen LogP contribution in [-0.4, -0.2) is 41.5 Å². The molecule has 1 N–H and O–H groups in total. The number of nitrogens with one attached hydrogen (secondary N) is 1. The maximum absolute atomic E-state index is 13.1. The third-order valence-corrected chi connectivity index (χ3v) is 5.26. The van der Waals surface area contributed by atoms with Gasteiger partial charge < -0.3 is 10.2 Å². The first-order chi connectivity index (χ1) is 11.8. The summed E-state index contributed by atoms with van der Waals surface area (Å²) in [5.74, 6) is -0.314. The first-order valence-electron chi connectivity index (χ1n) is 8.40. The van der Waals surface area contributed by atoms with Gasteiger partial charge in [-0.15, -0.1) is 12.4 Å². The molecule has 2 heterocycles. The fraction of sp³-hybridized carbons (Fsp3) is 0.529. The maximum Gasteiger partial charge on any atom is 0.416 e. The number of benzene rings is 1. The summed E-state index contributed by atoms with van der Waals surface area (Å²) in [6, 6.07) is 3.87. The Kier molecular flexibility index (Phi) is 4.69. The van der Waals surface area contributed by atoms with E-state index in [-0.39, 0.29) is 30.0 Å². The number of hydrogen-bond acceptors (Lipinski definition) is 3. The Labute approximate surface area is 154 Å². The minimum atomic E-state index is -4.45. The molecule has 4 rings (SSSR count). The zero-order valence-corrected chi connectivity index (χ0v) is 14.7. The van der Waals surface area contributed by atoms with Crippen LogP contribution in [0.4, 0.5) is 23.7 Å². The molecule has 5 nitrogen and oxygen atoms in total. The SMILES string of the molecule is Cl.O=C1N(c2ccc(C(F)(F)F)cc2)C(=O)C2(CCNCC2)N1C1CC1. The molecule has 1 aromatic rings. The number of amides is 3. The first-order valence-corrected chi connectivity index (χ1v) is 8.40. The molecular weight excluding hydrogens is 371 g/mol. The van der Waals surface area contributed by atoms with Crippen molar-refractivity contribution in [3.8, 4) is 0 Å². The quantitative estimate of drug-likeness (QED) is 0.790. The zero-order valence-electron chi connectivity index (χ0n) is 13.9. The summed E-state index contributed by atoms with van der Waals surface area (Å²) in [7, 11) is 0. The number of nitrogens with zero attached hydrogens (tertiary/aromatic N) is 2. The molecule has 2 saturated heterocycles. The van der Waals surface area contributed by atoms with Gasteiger partial charge in [0.15, 0.2) is 0 Å². The summed E-state index contributed by atoms with van der Waals surface area (Å²) >= 11 is 0. The molecule has 9 heteroatoms. The van der Waals surface area contributed by atoms with Crippen molar-refractivity contribution < 1.29 is 22.8 Å². The molecule has 142 valence electrons. The standard InChI is InChI=1S/C17H18F3N3O2.ClH/c18-17(19,20)11-1-3-12(4-2-11)22-14(24)16(7-9-21-10-8-16)23(15(22)25)13-5-6-13;/h1-4,13,21H,5-10H2;1H. The fourth-order valence-corrected chi connectivity index (χ4v) is 3.85. The van der Waals surface area contributed by atoms with Gasteiger partial charge in [0.05, 0.1) is 11.3 Å². The van der Waals surface area contributed by atoms with Crippen LogP contribution in [0.5, 0.6) is 0 Å². The monoisotopic (exact) mass is 389 g/mol. The minimum Gasteiger partial charge on any atom is -0.317 e. The predicted molar refractivity (Wildman–Crippen MR) is 91.3 cm³/mol. The van der Waals surface area contributed by atoms with Gasteiger partial charge in [0.2, 0.25) is 0 Å². The third kappa shape index (κ3) is 2.85. The number of rotatable bonds is 2. The second-order valence-electron chi connectivity index (χ2n) is 6.85. The van der Waals surface area contributed by atoms with Crippen LogP contribution in [0.1, 0.15) is 31.2 Å². The number of piperidine rings is 1. The van der Waals surface area contributed by atoms with E-state index in [2.05, 4.69) is 5.32 Å². The fourth-order valence-electron chi connectivity index (χ4n) is 3.85. The van der Waals surface area contributed by atoms with E-state index in [1.807, 2.05) is 0 Å². The van der Waals surface area contributed by atoms with Crippen molar-refractivity contribution in [1.82, 2.24) is 10.2 Å². The van der Waals surface area contributed by atoms with Crippen molar-refractivity contribution in [2.24, 2.45) is 0 Å². The molecule has 1 aliphatic carbocycles. The minimum absolute atomic E-state index is 0. The summed E-state index contributed by atoms with van der Waals surface area (Å²) in [5.41, 5.74) is -1.46. The Bertz CT molecular complexity index is 713. The Morgan fingerprint density at radius 1 is 1.04 bits per heavy atom. The van der Waals surface area contributed by atoms with Gasteiger partial charge in [0.1, 0.15) is 5.54 Å². The van der Waals surface area contributed by atoms with E-state index < -0.39 is 23.3 Å². The van der Waals surface area contributed by atoms with E-state index in [4.69, 9.17) is 0 Å². The summed E-state index contributed by atoms with van der Waals surface area (Å²) in [6.07, 6.45) is -1.64. The number of carbonyl (C=O) groups is 2. The van der Waals surface area contributed by atoms with Gasteiger partial charge in [-0.3, -0.25) is 4.79 Å². The normalized spacial score (nSPS) is 22.7. The number of anilines is 1. The molecule has 26 heavy (non-hydrogen) atoms. The van der Waals surface area contributed by atoms with Crippen LogP contribution in [0.25, 0.3) is 0 Å². The highest BCUT2D eigenvalue weighted by Gasteiger charge is 2.61. The largest absolute Gasteiger partial charge is 0.416 e. The van der Waals surface area contributed by atoms with Gasteiger partial charge in [-0.05, 0) is 63.0 Å². The van der Waals surface area contributed by atoms with Gasteiger partial charge in [0.25, 0.3) is 5.91 Å². The van der Waals surface area contributed by atoms with Crippen LogP contribution in [0.3, 0.4) is 0 Å². The Hall–Kier alpha value is -1.80. The molecule has 1 saturated carbocycles. The molecule has 0 atom stereocenters. The topological polar surface area (TPSA) is 52.7 Å². The van der Waals surface area contributed by atoms with Crippen molar-refractivity contribution in [3.05, 3.63) is 29.8 Å². The lowest BCUT2D eigenvalue weighted by Gasteiger charge is -2.38. The van der Waals surface area contributed by atoms with Gasteiger partial charge in [0, 0.05) is 6.04 Å². The first kappa shape index (κ1) is 19.0. The molecule has 1 spiro atoms. The second kappa shape index (κ2) is 6.42. The zero-order chi connectivity index (χ0) is 17.8. The smallest absolute Gasteiger partial charge is 0.317 e. The number of hydrogen-bond donors (Lipinski definition) is 1. The maximum atomic E-state index is 13.1. The highest BCUT2D eigenvalue weighted by Crippen LogP contribution is 2.45. The van der Waals surface area contributed by atoms with E-state index >= 15 is 0 Å². The Balaban J connectivity index is 0.00000196. The van der Waals surface area contributed by atoms with E-state index in [0.29, 0.717) is 25.9 Å². The molecule has 3 fully saturated rings. The molecule has 0 bridgehead atoms. The summed E-state index contributed by atoms with van der Waals surface area (Å²) in [5, 5.41) is 3.20. The van der Waals surface area contributed by atoms with Crippen LogP contribution < -0.4 is 10.2 Å². The number of imide groups is 1. The summed E-state index contributed by atoms with van der Waals surface area (Å²) in [6.45, 7) is 1.28. The molecule has 0 aromatic heterocycles. The van der Waals surface area contributed by atoms with Crippen molar-refractivity contribution in [3.63, 3.8) is 0 Å². The van der Waals surface area contributed by atoms with Gasteiger partial charge in [-0.1, -0.05) is 0 Å². The van der Waals surface area contributed by atoms with Crippen LogP contribution >= 0.6 is 12.4 Å². The molecule has 1 aromatic carbocycles. The highest BCUT2D eigenvalue weighted by atomic mass is 35.5.